The van der Waals surface area contributed by atoms with Gasteiger partial charge in [-0.15, -0.1) is 0 Å². The largest absolute Gasteiger partial charge is 0.435 e. The molecule has 0 aliphatic heterocycles. The fraction of sp³-hybridized carbons (Fsp3) is 0.0625. The Morgan fingerprint density at radius 3 is 2.50 bits per heavy atom. The minimum absolute atomic E-state index is 0.0610. The molecule has 8 heteroatoms. The molecule has 4 aromatic rings. The molecule has 0 aliphatic carbocycles. The highest BCUT2D eigenvalue weighted by Gasteiger charge is 2.34. The molecule has 0 N–H and O–H groups in total. The topological polar surface area (TPSA) is 43.1 Å². The van der Waals surface area contributed by atoms with Gasteiger partial charge in [0.2, 0.25) is 0 Å². The molecule has 1 aromatic carbocycles. The maximum atomic E-state index is 12.8. The summed E-state index contributed by atoms with van der Waals surface area (Å²) in [5, 5.41) is 4.29. The maximum Gasteiger partial charge on any atom is 0.435 e. The van der Waals surface area contributed by atoms with Gasteiger partial charge >= 0.3 is 6.18 Å². The third-order valence-corrected chi connectivity index (χ3v) is 3.87. The van der Waals surface area contributed by atoms with Crippen LogP contribution in [0, 0.1) is 0 Å². The number of hydrogen-bond acceptors (Lipinski definition) is 3. The first-order valence-electron chi connectivity index (χ1n) is 6.91. The Balaban J connectivity index is 1.98. The molecule has 0 radical (unpaired) electrons. The van der Waals surface area contributed by atoms with Crippen molar-refractivity contribution >= 4 is 28.3 Å². The SMILES string of the molecule is FC(F)(F)c1cc2ncc3cc(-c4ccccc4)c(Cl)nc3n2n1. The Kier molecular flexibility index (Phi) is 3.21. The lowest BCUT2D eigenvalue weighted by atomic mass is 10.1. The van der Waals surface area contributed by atoms with Gasteiger partial charge in [-0.2, -0.15) is 22.8 Å². The van der Waals surface area contributed by atoms with Gasteiger partial charge in [0.15, 0.2) is 17.0 Å². The van der Waals surface area contributed by atoms with Crippen molar-refractivity contribution in [3.05, 3.63) is 59.5 Å². The van der Waals surface area contributed by atoms with Crippen LogP contribution in [0.25, 0.3) is 27.8 Å². The van der Waals surface area contributed by atoms with Crippen molar-refractivity contribution in [2.45, 2.75) is 6.18 Å². The zero-order valence-corrected chi connectivity index (χ0v) is 12.7. The molecular formula is C16H8ClF3N4. The first-order valence-corrected chi connectivity index (χ1v) is 7.29. The Morgan fingerprint density at radius 2 is 1.79 bits per heavy atom. The monoisotopic (exact) mass is 348 g/mol. The highest BCUT2D eigenvalue weighted by Crippen LogP contribution is 2.32. The summed E-state index contributed by atoms with van der Waals surface area (Å²) in [6, 6.07) is 12.0. The highest BCUT2D eigenvalue weighted by atomic mass is 35.5. The normalized spacial score (nSPS) is 12.2. The molecule has 0 saturated carbocycles. The predicted molar refractivity (Wildman–Crippen MR) is 83.7 cm³/mol. The Bertz CT molecular complexity index is 1060. The molecule has 120 valence electrons. The Morgan fingerprint density at radius 1 is 1.04 bits per heavy atom. The Hall–Kier alpha value is -2.67. The molecule has 4 rings (SSSR count). The van der Waals surface area contributed by atoms with Crippen LogP contribution >= 0.6 is 11.6 Å². The number of benzene rings is 1. The van der Waals surface area contributed by atoms with Crippen molar-refractivity contribution in [3.8, 4) is 11.1 Å². The summed E-state index contributed by atoms with van der Waals surface area (Å²) in [6.07, 6.45) is -3.09. The van der Waals surface area contributed by atoms with Crippen LogP contribution in [0.4, 0.5) is 13.2 Å². The van der Waals surface area contributed by atoms with Crippen LogP contribution in [0.3, 0.4) is 0 Å². The summed E-state index contributed by atoms with van der Waals surface area (Å²) in [4.78, 5) is 8.26. The molecular weight excluding hydrogens is 341 g/mol. The van der Waals surface area contributed by atoms with E-state index >= 15 is 0 Å². The second-order valence-electron chi connectivity index (χ2n) is 5.16. The number of rotatable bonds is 1. The van der Waals surface area contributed by atoms with Gasteiger partial charge in [-0.3, -0.25) is 0 Å². The van der Waals surface area contributed by atoms with E-state index in [4.69, 9.17) is 11.6 Å². The zero-order chi connectivity index (χ0) is 16.9. The number of halogens is 4. The van der Waals surface area contributed by atoms with Gasteiger partial charge in [-0.05, 0) is 11.6 Å². The van der Waals surface area contributed by atoms with Crippen LogP contribution in [-0.4, -0.2) is 19.6 Å². The maximum absolute atomic E-state index is 12.8. The molecule has 0 unspecified atom stereocenters. The molecule has 0 saturated heterocycles. The van der Waals surface area contributed by atoms with Gasteiger partial charge in [-0.25, -0.2) is 9.97 Å². The van der Waals surface area contributed by atoms with E-state index in [1.165, 1.54) is 6.20 Å². The van der Waals surface area contributed by atoms with Gasteiger partial charge in [0.05, 0.1) is 0 Å². The summed E-state index contributed by atoms with van der Waals surface area (Å²) >= 11 is 6.24. The number of aromatic nitrogens is 4. The fourth-order valence-corrected chi connectivity index (χ4v) is 2.72. The van der Waals surface area contributed by atoms with E-state index in [9.17, 15) is 13.2 Å². The average Bonchev–Trinajstić information content (AvgIpc) is 3.00. The predicted octanol–water partition coefficient (Wildman–Crippen LogP) is 4.62. The van der Waals surface area contributed by atoms with Gasteiger partial charge in [0.1, 0.15) is 5.15 Å². The standard InChI is InChI=1S/C16H8ClF3N4/c17-14-11(9-4-2-1-3-5-9)6-10-8-21-13-7-12(16(18,19)20)23-24(13)15(10)22-14/h1-8H. The van der Waals surface area contributed by atoms with Crippen LogP contribution in [-0.2, 0) is 6.18 Å². The van der Waals surface area contributed by atoms with Crippen molar-refractivity contribution in [2.75, 3.05) is 0 Å². The summed E-state index contributed by atoms with van der Waals surface area (Å²) in [5.41, 5.74) is 0.793. The number of nitrogens with zero attached hydrogens (tertiary/aromatic N) is 4. The molecule has 0 atom stereocenters. The van der Waals surface area contributed by atoms with Crippen LogP contribution in [0.2, 0.25) is 5.15 Å². The lowest BCUT2D eigenvalue weighted by Gasteiger charge is -2.07. The molecule has 0 spiro atoms. The van der Waals surface area contributed by atoms with Crippen LogP contribution in [0.5, 0.6) is 0 Å². The second kappa shape index (κ2) is 5.17. The van der Waals surface area contributed by atoms with Crippen LogP contribution in [0.15, 0.2) is 48.7 Å². The van der Waals surface area contributed by atoms with Gasteiger partial charge in [0, 0.05) is 23.2 Å². The van der Waals surface area contributed by atoms with E-state index in [2.05, 4.69) is 15.1 Å². The number of fused-ring (bicyclic) bond motifs is 3. The molecule has 0 fully saturated rings. The van der Waals surface area contributed by atoms with Crippen molar-refractivity contribution in [1.29, 1.82) is 0 Å². The summed E-state index contributed by atoms with van der Waals surface area (Å²) in [6.45, 7) is 0. The van der Waals surface area contributed by atoms with Crippen molar-refractivity contribution in [2.24, 2.45) is 0 Å². The third-order valence-electron chi connectivity index (χ3n) is 3.59. The summed E-state index contributed by atoms with van der Waals surface area (Å²) in [5.74, 6) is 0. The highest BCUT2D eigenvalue weighted by molar-refractivity contribution is 6.32. The van der Waals surface area contributed by atoms with E-state index in [0.717, 1.165) is 16.1 Å². The van der Waals surface area contributed by atoms with Gasteiger partial charge in [-0.1, -0.05) is 41.9 Å². The molecule has 0 bridgehead atoms. The first kappa shape index (κ1) is 14.9. The lowest BCUT2D eigenvalue weighted by Crippen LogP contribution is -2.06. The Labute approximate surface area is 138 Å². The van der Waals surface area contributed by atoms with E-state index < -0.39 is 11.9 Å². The molecule has 3 aromatic heterocycles. The molecule has 4 nitrogen and oxygen atoms in total. The average molecular weight is 349 g/mol. The lowest BCUT2D eigenvalue weighted by molar-refractivity contribution is -0.141. The minimum atomic E-state index is -4.55. The fourth-order valence-electron chi connectivity index (χ4n) is 2.48. The van der Waals surface area contributed by atoms with E-state index in [0.29, 0.717) is 10.9 Å². The quantitative estimate of drug-likeness (QED) is 0.471. The first-order chi connectivity index (χ1) is 11.4. The summed E-state index contributed by atoms with van der Waals surface area (Å²) < 4.78 is 39.6. The van der Waals surface area contributed by atoms with Crippen LogP contribution in [0.1, 0.15) is 5.69 Å². The van der Waals surface area contributed by atoms with Crippen molar-refractivity contribution in [3.63, 3.8) is 0 Å². The number of hydrogen-bond donors (Lipinski definition) is 0. The minimum Gasteiger partial charge on any atom is -0.236 e. The van der Waals surface area contributed by atoms with E-state index in [1.54, 1.807) is 6.07 Å². The van der Waals surface area contributed by atoms with E-state index in [1.807, 2.05) is 30.3 Å². The molecule has 3 heterocycles. The number of pyridine rings is 1. The summed E-state index contributed by atoms with van der Waals surface area (Å²) in [7, 11) is 0. The zero-order valence-electron chi connectivity index (χ0n) is 11.9. The van der Waals surface area contributed by atoms with Crippen LogP contribution < -0.4 is 0 Å². The molecule has 0 amide bonds. The second-order valence-corrected chi connectivity index (χ2v) is 5.52. The van der Waals surface area contributed by atoms with Crippen molar-refractivity contribution < 1.29 is 13.2 Å². The molecule has 24 heavy (non-hydrogen) atoms. The molecule has 0 aliphatic rings. The third kappa shape index (κ3) is 2.37. The van der Waals surface area contributed by atoms with Gasteiger partial charge < -0.3 is 0 Å². The number of alkyl halides is 3. The van der Waals surface area contributed by atoms with Crippen molar-refractivity contribution in [1.82, 2.24) is 19.6 Å². The smallest absolute Gasteiger partial charge is 0.236 e. The van der Waals surface area contributed by atoms with Gasteiger partial charge in [0.25, 0.3) is 0 Å². The van der Waals surface area contributed by atoms with E-state index in [-0.39, 0.29) is 16.4 Å².